The number of ether oxygens (including phenoxy) is 2. The lowest BCUT2D eigenvalue weighted by atomic mass is 9.89. The van der Waals surface area contributed by atoms with Crippen molar-refractivity contribution in [1.82, 2.24) is 15.2 Å². The van der Waals surface area contributed by atoms with Gasteiger partial charge in [0.05, 0.1) is 18.4 Å². The number of carbonyl (C=O) groups is 1. The number of anilines is 1. The lowest BCUT2D eigenvalue weighted by molar-refractivity contribution is -0.192. The van der Waals surface area contributed by atoms with E-state index in [1.807, 2.05) is 19.1 Å². The van der Waals surface area contributed by atoms with Gasteiger partial charge in [-0.05, 0) is 31.9 Å². The summed E-state index contributed by atoms with van der Waals surface area (Å²) in [6.45, 7) is 4.52. The minimum atomic E-state index is -5.08. The van der Waals surface area contributed by atoms with E-state index >= 15 is 0 Å². The van der Waals surface area contributed by atoms with Crippen molar-refractivity contribution < 1.29 is 32.5 Å². The van der Waals surface area contributed by atoms with E-state index in [1.165, 1.54) is 0 Å². The number of pyridine rings is 1. The van der Waals surface area contributed by atoms with Gasteiger partial charge in [0.15, 0.2) is 0 Å². The van der Waals surface area contributed by atoms with Crippen molar-refractivity contribution in [1.29, 1.82) is 0 Å². The molecule has 2 aromatic heterocycles. The van der Waals surface area contributed by atoms with Crippen LogP contribution >= 0.6 is 11.3 Å². The van der Waals surface area contributed by atoms with Crippen molar-refractivity contribution in [2.75, 3.05) is 24.6 Å². The number of hydrogen-bond acceptors (Lipinski definition) is 8. The molecule has 2 fully saturated rings. The fraction of sp³-hybridized carbons (Fsp3) is 0.556. The Bertz CT molecular complexity index is 851. The van der Waals surface area contributed by atoms with Gasteiger partial charge in [0.25, 0.3) is 0 Å². The van der Waals surface area contributed by atoms with Gasteiger partial charge >= 0.3 is 12.1 Å². The van der Waals surface area contributed by atoms with Gasteiger partial charge in [0.2, 0.25) is 5.13 Å². The van der Waals surface area contributed by atoms with Crippen molar-refractivity contribution in [3.8, 4) is 5.75 Å². The summed E-state index contributed by atoms with van der Waals surface area (Å²) in [6.07, 6.45) is 1.61. The molecule has 0 bridgehead atoms. The van der Waals surface area contributed by atoms with Crippen molar-refractivity contribution in [3.05, 3.63) is 29.5 Å². The normalized spacial score (nSPS) is 23.7. The first-order chi connectivity index (χ1) is 14.2. The molecule has 2 aliphatic heterocycles. The zero-order valence-corrected chi connectivity index (χ0v) is 16.9. The van der Waals surface area contributed by atoms with Gasteiger partial charge in [-0.1, -0.05) is 11.3 Å². The highest BCUT2D eigenvalue weighted by Crippen LogP contribution is 2.38. The summed E-state index contributed by atoms with van der Waals surface area (Å²) in [7, 11) is 0. The van der Waals surface area contributed by atoms with Crippen molar-refractivity contribution in [2.45, 2.75) is 44.1 Å². The molecule has 2 aromatic rings. The number of piperidine rings is 1. The van der Waals surface area contributed by atoms with Crippen LogP contribution in [0.15, 0.2) is 24.5 Å². The number of aryl methyl sites for hydroxylation is 1. The lowest BCUT2D eigenvalue weighted by Crippen LogP contribution is -2.48. The molecule has 164 valence electrons. The lowest BCUT2D eigenvalue weighted by Gasteiger charge is -2.39. The molecule has 30 heavy (non-hydrogen) atoms. The number of aromatic nitrogens is 3. The quantitative estimate of drug-likeness (QED) is 0.768. The first-order valence-electron chi connectivity index (χ1n) is 9.23. The van der Waals surface area contributed by atoms with E-state index in [4.69, 9.17) is 19.4 Å². The van der Waals surface area contributed by atoms with Gasteiger partial charge in [0, 0.05) is 25.7 Å². The summed E-state index contributed by atoms with van der Waals surface area (Å²) in [5, 5.41) is 17.5. The molecule has 2 saturated heterocycles. The predicted molar refractivity (Wildman–Crippen MR) is 102 cm³/mol. The van der Waals surface area contributed by atoms with Gasteiger partial charge in [-0.2, -0.15) is 13.2 Å². The van der Waals surface area contributed by atoms with Crippen molar-refractivity contribution in [3.63, 3.8) is 0 Å². The number of alkyl halides is 3. The number of hydrogen-bond donors (Lipinski definition) is 1. The monoisotopic (exact) mass is 446 g/mol. The summed E-state index contributed by atoms with van der Waals surface area (Å²) in [4.78, 5) is 15.3. The van der Waals surface area contributed by atoms with Gasteiger partial charge in [-0.15, -0.1) is 10.2 Å². The maximum atomic E-state index is 10.6. The summed E-state index contributed by atoms with van der Waals surface area (Å²) in [6, 6.07) is 3.83. The second-order valence-corrected chi connectivity index (χ2v) is 8.22. The summed E-state index contributed by atoms with van der Waals surface area (Å²) < 4.78 is 43.9. The SMILES string of the molecule is Cc1nnc(N2CCC[C@]3(C[C@@H](Oc4cccnc4)CO3)C2)s1.O=C(O)C(F)(F)F. The minimum absolute atomic E-state index is 0.0929. The Labute approximate surface area is 174 Å². The fourth-order valence-electron chi connectivity index (χ4n) is 3.45. The smallest absolute Gasteiger partial charge is 0.486 e. The number of carboxylic acid groups (broad SMARTS) is 1. The molecular formula is C18H21F3N4O4S. The second-order valence-electron chi connectivity index (χ2n) is 7.06. The Kier molecular flexibility index (Phi) is 6.76. The van der Waals surface area contributed by atoms with Crippen LogP contribution in [0.1, 0.15) is 24.3 Å². The first kappa shape index (κ1) is 22.2. The molecule has 0 saturated carbocycles. The van der Waals surface area contributed by atoms with Crippen LogP contribution in [0.5, 0.6) is 5.75 Å². The predicted octanol–water partition coefficient (Wildman–Crippen LogP) is 3.08. The zero-order valence-electron chi connectivity index (χ0n) is 16.1. The Morgan fingerprint density at radius 2 is 2.20 bits per heavy atom. The molecule has 4 rings (SSSR count). The number of aliphatic carboxylic acids is 1. The molecule has 0 aromatic carbocycles. The topological polar surface area (TPSA) is 97.7 Å². The molecule has 0 radical (unpaired) electrons. The Morgan fingerprint density at radius 3 is 2.80 bits per heavy atom. The highest BCUT2D eigenvalue weighted by molar-refractivity contribution is 7.15. The maximum absolute atomic E-state index is 10.6. The highest BCUT2D eigenvalue weighted by atomic mass is 32.1. The molecule has 1 spiro atoms. The van der Waals surface area contributed by atoms with E-state index in [1.54, 1.807) is 23.7 Å². The Balaban J connectivity index is 0.000000318. The van der Waals surface area contributed by atoms with Crippen LogP contribution in [0.3, 0.4) is 0 Å². The molecule has 0 unspecified atom stereocenters. The largest absolute Gasteiger partial charge is 0.490 e. The molecule has 8 nitrogen and oxygen atoms in total. The average molecular weight is 446 g/mol. The van der Waals surface area contributed by atoms with Gasteiger partial charge < -0.3 is 19.5 Å². The van der Waals surface area contributed by atoms with Crippen LogP contribution < -0.4 is 9.64 Å². The van der Waals surface area contributed by atoms with E-state index < -0.39 is 12.1 Å². The molecular weight excluding hydrogens is 425 g/mol. The number of halogens is 3. The van der Waals surface area contributed by atoms with Crippen LogP contribution in [-0.4, -0.2) is 63.8 Å². The number of nitrogens with zero attached hydrogens (tertiary/aromatic N) is 4. The van der Waals surface area contributed by atoms with Crippen LogP contribution in [0.25, 0.3) is 0 Å². The number of rotatable bonds is 3. The highest BCUT2D eigenvalue weighted by Gasteiger charge is 2.45. The molecule has 2 atom stereocenters. The zero-order chi connectivity index (χ0) is 21.8. The standard InChI is InChI=1S/C16H20N4O2S.C2HF3O2/c1-12-18-19-15(23-12)20-7-3-5-16(11-20)8-14(10-21-16)22-13-4-2-6-17-9-13;3-2(4,5)1(6)7/h2,4,6,9,14H,3,5,7-8,10-11H2,1H3;(H,6,7)/t14-,16+;/m1./s1. The average Bonchev–Trinajstić information content (AvgIpc) is 3.29. The van der Waals surface area contributed by atoms with Gasteiger partial charge in [0.1, 0.15) is 16.9 Å². The van der Waals surface area contributed by atoms with E-state index in [0.717, 1.165) is 48.2 Å². The summed E-state index contributed by atoms with van der Waals surface area (Å²) >= 11 is 1.65. The third-order valence-electron chi connectivity index (χ3n) is 4.68. The molecule has 0 amide bonds. The van der Waals surface area contributed by atoms with Crippen LogP contribution in [-0.2, 0) is 9.53 Å². The maximum Gasteiger partial charge on any atom is 0.490 e. The molecule has 4 heterocycles. The van der Waals surface area contributed by atoms with E-state index in [-0.39, 0.29) is 11.7 Å². The second kappa shape index (κ2) is 9.13. The van der Waals surface area contributed by atoms with E-state index in [2.05, 4.69) is 20.1 Å². The summed E-state index contributed by atoms with van der Waals surface area (Å²) in [5.74, 6) is -1.95. The molecule has 0 aliphatic carbocycles. The van der Waals surface area contributed by atoms with Crippen LogP contribution in [0.2, 0.25) is 0 Å². The fourth-order valence-corrected chi connectivity index (χ4v) is 4.16. The molecule has 1 N–H and O–H groups in total. The van der Waals surface area contributed by atoms with Crippen molar-refractivity contribution >= 4 is 22.4 Å². The van der Waals surface area contributed by atoms with E-state index in [0.29, 0.717) is 6.61 Å². The Hall–Kier alpha value is -2.47. The van der Waals surface area contributed by atoms with Gasteiger partial charge in [-0.3, -0.25) is 4.98 Å². The molecule has 2 aliphatic rings. The van der Waals surface area contributed by atoms with Gasteiger partial charge in [-0.25, -0.2) is 4.79 Å². The van der Waals surface area contributed by atoms with Crippen LogP contribution in [0.4, 0.5) is 18.3 Å². The minimum Gasteiger partial charge on any atom is -0.486 e. The summed E-state index contributed by atoms with van der Waals surface area (Å²) in [5.41, 5.74) is -0.120. The Morgan fingerprint density at radius 1 is 1.43 bits per heavy atom. The first-order valence-corrected chi connectivity index (χ1v) is 10.0. The third kappa shape index (κ3) is 5.79. The third-order valence-corrected chi connectivity index (χ3v) is 5.58. The van der Waals surface area contributed by atoms with E-state index in [9.17, 15) is 13.2 Å². The van der Waals surface area contributed by atoms with Crippen LogP contribution in [0, 0.1) is 6.92 Å². The molecule has 12 heteroatoms. The number of carboxylic acids is 1. The van der Waals surface area contributed by atoms with Crippen molar-refractivity contribution in [2.24, 2.45) is 0 Å².